The number of hydrogen-bond donors (Lipinski definition) is 1. The first-order chi connectivity index (χ1) is 10.1. The van der Waals surface area contributed by atoms with E-state index >= 15 is 0 Å². The highest BCUT2D eigenvalue weighted by Gasteiger charge is 2.15. The molecule has 0 amide bonds. The van der Waals surface area contributed by atoms with Crippen LogP contribution in [0.1, 0.15) is 10.4 Å². The number of nitro groups is 1. The number of ether oxygens (including phenoxy) is 1. The summed E-state index contributed by atoms with van der Waals surface area (Å²) in [4.78, 5) is 25.6. The van der Waals surface area contributed by atoms with Crippen molar-refractivity contribution in [3.63, 3.8) is 0 Å². The second-order valence-electron chi connectivity index (χ2n) is 3.91. The molecule has 1 heterocycles. The van der Waals surface area contributed by atoms with Gasteiger partial charge in [-0.2, -0.15) is 0 Å². The van der Waals surface area contributed by atoms with Gasteiger partial charge in [0.15, 0.2) is 5.75 Å². The summed E-state index contributed by atoms with van der Waals surface area (Å²) < 4.78 is 5.44. The van der Waals surface area contributed by atoms with Gasteiger partial charge in [-0.15, -0.1) is 11.3 Å². The molecule has 0 bridgehead atoms. The molecular weight excluding hydrogens is 296 g/mol. The Hall–Kier alpha value is -2.74. The van der Waals surface area contributed by atoms with Crippen molar-refractivity contribution >= 4 is 29.1 Å². The van der Waals surface area contributed by atoms with E-state index in [4.69, 9.17) is 9.84 Å². The first-order valence-corrected chi connectivity index (χ1v) is 6.64. The number of rotatable bonds is 6. The smallest absolute Gasteiger partial charge is 0.328 e. The zero-order valence-corrected chi connectivity index (χ0v) is 11.4. The number of nitrogens with zero attached hydrogens (tertiary/aromatic N) is 2. The number of carboxylic acid groups (broad SMARTS) is 1. The minimum absolute atomic E-state index is 0.0842. The molecule has 21 heavy (non-hydrogen) atoms. The lowest BCUT2D eigenvalue weighted by atomic mass is 10.1. The Labute approximate surface area is 123 Å². The Morgan fingerprint density at radius 2 is 2.33 bits per heavy atom. The van der Waals surface area contributed by atoms with Crippen LogP contribution >= 0.6 is 11.3 Å². The first-order valence-electron chi connectivity index (χ1n) is 5.76. The van der Waals surface area contributed by atoms with Gasteiger partial charge in [-0.1, -0.05) is 0 Å². The fraction of sp³-hybridized carbons (Fsp3) is 0.0769. The van der Waals surface area contributed by atoms with Gasteiger partial charge in [-0.3, -0.25) is 15.1 Å². The maximum atomic E-state index is 11.0. The summed E-state index contributed by atoms with van der Waals surface area (Å²) in [7, 11) is 0. The van der Waals surface area contributed by atoms with Crippen molar-refractivity contribution in [1.29, 1.82) is 0 Å². The molecule has 1 aromatic carbocycles. The molecule has 0 fully saturated rings. The van der Waals surface area contributed by atoms with Gasteiger partial charge in [0.05, 0.1) is 15.3 Å². The Morgan fingerprint density at radius 3 is 2.95 bits per heavy atom. The van der Waals surface area contributed by atoms with E-state index in [9.17, 15) is 14.9 Å². The number of carboxylic acids is 1. The number of hydrogen-bond acceptors (Lipinski definition) is 6. The number of aromatic nitrogens is 1. The molecule has 0 aliphatic rings. The molecule has 8 heteroatoms. The molecule has 0 aliphatic carbocycles. The average molecular weight is 306 g/mol. The molecule has 1 aromatic heterocycles. The third kappa shape index (κ3) is 4.11. The van der Waals surface area contributed by atoms with Crippen LogP contribution in [0.4, 0.5) is 5.69 Å². The van der Waals surface area contributed by atoms with Crippen LogP contribution in [0.5, 0.6) is 5.75 Å². The fourth-order valence-electron chi connectivity index (χ4n) is 1.53. The van der Waals surface area contributed by atoms with E-state index in [-0.39, 0.29) is 18.0 Å². The SMILES string of the molecule is O=C(O)/C=C/c1ccc([N+](=O)[O-])c(OCc2cncs2)c1. The van der Waals surface area contributed by atoms with Crippen LogP contribution in [0.3, 0.4) is 0 Å². The highest BCUT2D eigenvalue weighted by Crippen LogP contribution is 2.29. The number of benzene rings is 1. The van der Waals surface area contributed by atoms with E-state index in [0.717, 1.165) is 11.0 Å². The van der Waals surface area contributed by atoms with E-state index < -0.39 is 10.9 Å². The molecular formula is C13H10N2O5S. The van der Waals surface area contributed by atoms with Gasteiger partial charge in [0, 0.05) is 18.3 Å². The number of aliphatic carboxylic acids is 1. The Kier molecular flexibility index (Phi) is 4.62. The lowest BCUT2D eigenvalue weighted by Crippen LogP contribution is -1.98. The van der Waals surface area contributed by atoms with Crippen LogP contribution < -0.4 is 4.74 Å². The Balaban J connectivity index is 2.24. The molecule has 1 N–H and O–H groups in total. The molecule has 7 nitrogen and oxygen atoms in total. The van der Waals surface area contributed by atoms with Crippen molar-refractivity contribution in [2.75, 3.05) is 0 Å². The van der Waals surface area contributed by atoms with Gasteiger partial charge in [-0.25, -0.2) is 4.79 Å². The van der Waals surface area contributed by atoms with Crippen molar-refractivity contribution in [1.82, 2.24) is 4.98 Å². The van der Waals surface area contributed by atoms with E-state index in [2.05, 4.69) is 4.98 Å². The summed E-state index contributed by atoms with van der Waals surface area (Å²) in [5.41, 5.74) is 1.97. The monoisotopic (exact) mass is 306 g/mol. The standard InChI is InChI=1S/C13H10N2O5S/c16-13(17)4-2-9-1-3-11(15(18)19)12(5-9)20-7-10-6-14-8-21-10/h1-6,8H,7H2,(H,16,17)/b4-2+. The van der Waals surface area contributed by atoms with Gasteiger partial charge in [-0.05, 0) is 23.8 Å². The Bertz CT molecular complexity index is 682. The predicted octanol–water partition coefficient (Wildman–Crippen LogP) is 2.73. The molecule has 0 unspecified atom stereocenters. The fourth-order valence-corrected chi connectivity index (χ4v) is 2.04. The maximum Gasteiger partial charge on any atom is 0.328 e. The van der Waals surface area contributed by atoms with E-state index in [1.54, 1.807) is 11.7 Å². The predicted molar refractivity (Wildman–Crippen MR) is 76.2 cm³/mol. The minimum atomic E-state index is -1.10. The number of carbonyl (C=O) groups is 1. The van der Waals surface area contributed by atoms with Crippen molar-refractivity contribution in [3.05, 3.63) is 56.5 Å². The maximum absolute atomic E-state index is 11.0. The third-order valence-corrected chi connectivity index (χ3v) is 3.21. The van der Waals surface area contributed by atoms with Gasteiger partial charge < -0.3 is 9.84 Å². The summed E-state index contributed by atoms with van der Waals surface area (Å²) in [6, 6.07) is 4.17. The molecule has 0 radical (unpaired) electrons. The molecule has 108 valence electrons. The zero-order chi connectivity index (χ0) is 15.2. The van der Waals surface area contributed by atoms with Crippen LogP contribution in [0, 0.1) is 10.1 Å². The number of thiazole rings is 1. The summed E-state index contributed by atoms with van der Waals surface area (Å²) in [6.45, 7) is 0.164. The highest BCUT2D eigenvalue weighted by molar-refractivity contribution is 7.09. The normalized spacial score (nSPS) is 10.7. The Morgan fingerprint density at radius 1 is 1.52 bits per heavy atom. The van der Waals surface area contributed by atoms with Crippen LogP contribution in [0.15, 0.2) is 36.0 Å². The van der Waals surface area contributed by atoms with Gasteiger partial charge >= 0.3 is 11.7 Å². The summed E-state index contributed by atoms with van der Waals surface area (Å²) in [6.07, 6.45) is 3.91. The molecule has 0 atom stereocenters. The van der Waals surface area contributed by atoms with E-state index in [0.29, 0.717) is 5.56 Å². The van der Waals surface area contributed by atoms with Gasteiger partial charge in [0.1, 0.15) is 6.61 Å². The number of nitro benzene ring substituents is 1. The zero-order valence-electron chi connectivity index (χ0n) is 10.6. The summed E-state index contributed by atoms with van der Waals surface area (Å²) in [5.74, 6) is -1.01. The highest BCUT2D eigenvalue weighted by atomic mass is 32.1. The average Bonchev–Trinajstić information content (AvgIpc) is 2.96. The molecule has 2 aromatic rings. The van der Waals surface area contributed by atoms with E-state index in [1.807, 2.05) is 0 Å². The summed E-state index contributed by atoms with van der Waals surface area (Å²) in [5, 5.41) is 19.5. The molecule has 0 saturated carbocycles. The van der Waals surface area contributed by atoms with Crippen molar-refractivity contribution in [2.24, 2.45) is 0 Å². The largest absolute Gasteiger partial charge is 0.481 e. The third-order valence-electron chi connectivity index (χ3n) is 2.45. The van der Waals surface area contributed by atoms with Crippen LogP contribution in [-0.4, -0.2) is 21.0 Å². The minimum Gasteiger partial charge on any atom is -0.481 e. The van der Waals surface area contributed by atoms with Crippen LogP contribution in [0.2, 0.25) is 0 Å². The van der Waals surface area contributed by atoms with Crippen LogP contribution in [-0.2, 0) is 11.4 Å². The van der Waals surface area contributed by atoms with Crippen LogP contribution in [0.25, 0.3) is 6.08 Å². The lowest BCUT2D eigenvalue weighted by molar-refractivity contribution is -0.385. The molecule has 2 rings (SSSR count). The molecule has 0 spiro atoms. The van der Waals surface area contributed by atoms with E-state index in [1.165, 1.54) is 35.6 Å². The second kappa shape index (κ2) is 6.62. The molecule has 0 saturated heterocycles. The topological polar surface area (TPSA) is 103 Å². The van der Waals surface area contributed by atoms with Gasteiger partial charge in [0.25, 0.3) is 0 Å². The van der Waals surface area contributed by atoms with Crippen molar-refractivity contribution in [2.45, 2.75) is 6.61 Å². The van der Waals surface area contributed by atoms with Crippen molar-refractivity contribution < 1.29 is 19.6 Å². The van der Waals surface area contributed by atoms with Crippen molar-refractivity contribution in [3.8, 4) is 5.75 Å². The van der Waals surface area contributed by atoms with Gasteiger partial charge in [0.2, 0.25) is 0 Å². The quantitative estimate of drug-likeness (QED) is 0.500. The lowest BCUT2D eigenvalue weighted by Gasteiger charge is -2.06. The summed E-state index contributed by atoms with van der Waals surface area (Å²) >= 11 is 1.38. The molecule has 0 aliphatic heterocycles. The second-order valence-corrected chi connectivity index (χ2v) is 4.88. The first kappa shape index (κ1) is 14.7.